The number of hydrogen-bond acceptors (Lipinski definition) is 4. The van der Waals surface area contributed by atoms with Gasteiger partial charge in [-0.2, -0.15) is 0 Å². The summed E-state index contributed by atoms with van der Waals surface area (Å²) >= 11 is 1.63. The van der Waals surface area contributed by atoms with Gasteiger partial charge in [0.15, 0.2) is 0 Å². The van der Waals surface area contributed by atoms with E-state index in [1.165, 1.54) is 16.3 Å². The third-order valence-electron chi connectivity index (χ3n) is 3.79. The summed E-state index contributed by atoms with van der Waals surface area (Å²) in [4.78, 5) is 12.5. The van der Waals surface area contributed by atoms with Crippen molar-refractivity contribution in [2.24, 2.45) is 5.41 Å². The fourth-order valence-electron chi connectivity index (χ4n) is 2.78. The first-order valence-electron chi connectivity index (χ1n) is 8.71. The van der Waals surface area contributed by atoms with Crippen LogP contribution in [0, 0.1) is 5.41 Å². The molecule has 0 atom stereocenters. The topological polar surface area (TPSA) is 35.5 Å². The molecule has 2 rings (SSSR count). The van der Waals surface area contributed by atoms with Crippen molar-refractivity contribution in [3.8, 4) is 5.75 Å². The van der Waals surface area contributed by atoms with E-state index in [1.807, 2.05) is 6.92 Å². The summed E-state index contributed by atoms with van der Waals surface area (Å²) in [5.41, 5.74) is 1.60. The quantitative estimate of drug-likeness (QED) is 0.484. The van der Waals surface area contributed by atoms with Crippen molar-refractivity contribution in [2.75, 3.05) is 19.5 Å². The maximum atomic E-state index is 11.5. The highest BCUT2D eigenvalue weighted by Gasteiger charge is 2.13. The molecule has 0 amide bonds. The second-order valence-electron chi connectivity index (χ2n) is 7.33. The Bertz CT molecular complexity index is 732. The second-order valence-corrected chi connectivity index (χ2v) is 8.46. The van der Waals surface area contributed by atoms with Gasteiger partial charge in [0.1, 0.15) is 5.75 Å². The van der Waals surface area contributed by atoms with Gasteiger partial charge in [0.05, 0.1) is 20.1 Å². The molecule has 3 nitrogen and oxygen atoms in total. The summed E-state index contributed by atoms with van der Waals surface area (Å²) in [7, 11) is 1.69. The van der Waals surface area contributed by atoms with Gasteiger partial charge in [0, 0.05) is 10.6 Å². The van der Waals surface area contributed by atoms with Gasteiger partial charge >= 0.3 is 5.97 Å². The van der Waals surface area contributed by atoms with Crippen LogP contribution in [0.3, 0.4) is 0 Å². The number of carbonyl (C=O) groups is 1. The average Bonchev–Trinajstić information content (AvgIpc) is 2.53. The van der Waals surface area contributed by atoms with Crippen LogP contribution in [0.15, 0.2) is 35.2 Å². The van der Waals surface area contributed by atoms with E-state index < -0.39 is 0 Å². The van der Waals surface area contributed by atoms with E-state index in [1.54, 1.807) is 18.9 Å². The molecule has 0 radical (unpaired) electrons. The Kier molecular flexibility index (Phi) is 6.77. The van der Waals surface area contributed by atoms with Crippen molar-refractivity contribution in [1.82, 2.24) is 0 Å². The van der Waals surface area contributed by atoms with Crippen LogP contribution in [-0.4, -0.2) is 25.4 Å². The molecule has 0 unspecified atom stereocenters. The molecular formula is C21H28O3S. The largest absolute Gasteiger partial charge is 0.496 e. The molecule has 0 fully saturated rings. The Labute approximate surface area is 155 Å². The van der Waals surface area contributed by atoms with Gasteiger partial charge in [0.25, 0.3) is 0 Å². The lowest BCUT2D eigenvalue weighted by atomic mass is 9.87. The number of methoxy groups -OCH3 is 1. The van der Waals surface area contributed by atoms with E-state index in [0.717, 1.165) is 17.1 Å². The predicted octanol–water partition coefficient (Wildman–Crippen LogP) is 5.48. The molecule has 0 aliphatic heterocycles. The SMILES string of the molecule is CCOC(=O)CCSc1cc2ccc(CC(C)(C)C)cc2cc1OC. The van der Waals surface area contributed by atoms with E-state index in [-0.39, 0.29) is 11.4 Å². The van der Waals surface area contributed by atoms with Crippen LogP contribution >= 0.6 is 11.8 Å². The maximum Gasteiger partial charge on any atom is 0.306 e. The first kappa shape index (κ1) is 19.6. The zero-order valence-electron chi connectivity index (χ0n) is 15.8. The van der Waals surface area contributed by atoms with Gasteiger partial charge in [-0.25, -0.2) is 0 Å². The van der Waals surface area contributed by atoms with Gasteiger partial charge in [0.2, 0.25) is 0 Å². The second kappa shape index (κ2) is 8.61. The van der Waals surface area contributed by atoms with E-state index in [9.17, 15) is 4.79 Å². The molecule has 2 aromatic carbocycles. The van der Waals surface area contributed by atoms with Crippen molar-refractivity contribution in [3.05, 3.63) is 35.9 Å². The Morgan fingerprint density at radius 1 is 1.12 bits per heavy atom. The van der Waals surface area contributed by atoms with Crippen molar-refractivity contribution in [3.63, 3.8) is 0 Å². The third-order valence-corrected chi connectivity index (χ3v) is 4.83. The van der Waals surface area contributed by atoms with E-state index >= 15 is 0 Å². The minimum atomic E-state index is -0.151. The lowest BCUT2D eigenvalue weighted by Crippen LogP contribution is -2.08. The third kappa shape index (κ3) is 5.96. The molecule has 0 saturated carbocycles. The van der Waals surface area contributed by atoms with E-state index in [0.29, 0.717) is 18.8 Å². The Balaban J connectivity index is 2.18. The van der Waals surface area contributed by atoms with Crippen molar-refractivity contribution in [1.29, 1.82) is 0 Å². The number of benzene rings is 2. The summed E-state index contributed by atoms with van der Waals surface area (Å²) in [6.07, 6.45) is 1.45. The average molecular weight is 361 g/mol. The monoisotopic (exact) mass is 360 g/mol. The van der Waals surface area contributed by atoms with Crippen LogP contribution in [0.1, 0.15) is 39.7 Å². The number of ether oxygens (including phenoxy) is 2. The van der Waals surface area contributed by atoms with Crippen molar-refractivity contribution < 1.29 is 14.3 Å². The Hall–Kier alpha value is -1.68. The van der Waals surface area contributed by atoms with Crippen molar-refractivity contribution >= 4 is 28.5 Å². The summed E-state index contributed by atoms with van der Waals surface area (Å²) in [5.74, 6) is 1.39. The first-order valence-corrected chi connectivity index (χ1v) is 9.70. The number of esters is 1. The normalized spacial score (nSPS) is 11.6. The highest BCUT2D eigenvalue weighted by molar-refractivity contribution is 7.99. The molecule has 0 aliphatic rings. The molecule has 0 heterocycles. The number of thioether (sulfide) groups is 1. The summed E-state index contributed by atoms with van der Waals surface area (Å²) in [5, 5.41) is 2.38. The minimum absolute atomic E-state index is 0.151. The van der Waals surface area contributed by atoms with Gasteiger partial charge in [-0.3, -0.25) is 4.79 Å². The van der Waals surface area contributed by atoms with Gasteiger partial charge in [-0.05, 0) is 47.2 Å². The van der Waals surface area contributed by atoms with Crippen LogP contribution in [-0.2, 0) is 16.0 Å². The van der Waals surface area contributed by atoms with Crippen LogP contribution in [0.25, 0.3) is 10.8 Å². The highest BCUT2D eigenvalue weighted by Crippen LogP contribution is 2.35. The lowest BCUT2D eigenvalue weighted by molar-refractivity contribution is -0.142. The summed E-state index contributed by atoms with van der Waals surface area (Å²) in [6, 6.07) is 10.9. The molecule has 2 aromatic rings. The van der Waals surface area contributed by atoms with E-state index in [2.05, 4.69) is 51.1 Å². The zero-order valence-corrected chi connectivity index (χ0v) is 16.7. The van der Waals surface area contributed by atoms with E-state index in [4.69, 9.17) is 9.47 Å². The van der Waals surface area contributed by atoms with Gasteiger partial charge in [-0.1, -0.05) is 39.0 Å². The number of rotatable bonds is 7. The molecule has 25 heavy (non-hydrogen) atoms. The van der Waals surface area contributed by atoms with Crippen LogP contribution in [0.5, 0.6) is 5.75 Å². The molecule has 0 aromatic heterocycles. The molecule has 0 aliphatic carbocycles. The molecule has 0 N–H and O–H groups in total. The zero-order chi connectivity index (χ0) is 18.4. The summed E-state index contributed by atoms with van der Waals surface area (Å²) in [6.45, 7) is 9.01. The Morgan fingerprint density at radius 2 is 1.88 bits per heavy atom. The highest BCUT2D eigenvalue weighted by atomic mass is 32.2. The molecule has 0 spiro atoms. The standard InChI is InChI=1S/C21H28O3S/c1-6-24-20(22)9-10-25-19-13-16-8-7-15(14-21(2,3)4)11-17(16)12-18(19)23-5/h7-8,11-13H,6,9-10,14H2,1-5H3. The molecule has 0 bridgehead atoms. The molecule has 4 heteroatoms. The Morgan fingerprint density at radius 3 is 2.52 bits per heavy atom. The number of carbonyl (C=O) groups excluding carboxylic acids is 1. The molecule has 0 saturated heterocycles. The van der Waals surface area contributed by atoms with Crippen LogP contribution in [0.2, 0.25) is 0 Å². The molecule has 136 valence electrons. The van der Waals surface area contributed by atoms with Crippen LogP contribution in [0.4, 0.5) is 0 Å². The smallest absolute Gasteiger partial charge is 0.306 e. The summed E-state index contributed by atoms with van der Waals surface area (Å²) < 4.78 is 10.5. The van der Waals surface area contributed by atoms with Crippen LogP contribution < -0.4 is 4.74 Å². The fourth-order valence-corrected chi connectivity index (χ4v) is 3.76. The van der Waals surface area contributed by atoms with Gasteiger partial charge in [-0.15, -0.1) is 11.8 Å². The molecular weight excluding hydrogens is 332 g/mol. The number of hydrogen-bond donors (Lipinski definition) is 0. The van der Waals surface area contributed by atoms with Gasteiger partial charge < -0.3 is 9.47 Å². The maximum absolute atomic E-state index is 11.5. The minimum Gasteiger partial charge on any atom is -0.496 e. The number of fused-ring (bicyclic) bond motifs is 1. The fraction of sp³-hybridized carbons (Fsp3) is 0.476. The van der Waals surface area contributed by atoms with Crippen molar-refractivity contribution in [2.45, 2.75) is 45.4 Å². The lowest BCUT2D eigenvalue weighted by Gasteiger charge is -2.18. The predicted molar refractivity (Wildman–Crippen MR) is 106 cm³/mol. The first-order chi connectivity index (χ1) is 11.8.